The minimum Gasteiger partial charge on any atom is -0.398 e. The van der Waals surface area contributed by atoms with E-state index in [9.17, 15) is 0 Å². The lowest BCUT2D eigenvalue weighted by Crippen LogP contribution is -1.95. The van der Waals surface area contributed by atoms with Crippen molar-refractivity contribution >= 4 is 21.6 Å². The molecule has 1 rings (SSSR count). The summed E-state index contributed by atoms with van der Waals surface area (Å²) in [6, 6.07) is 3.68. The van der Waals surface area contributed by atoms with Crippen molar-refractivity contribution < 1.29 is 5.11 Å². The van der Waals surface area contributed by atoms with Gasteiger partial charge in [0.1, 0.15) is 0 Å². The monoisotopic (exact) mass is 215 g/mol. The number of hydrogen-bond donors (Lipinski definition) is 2. The van der Waals surface area contributed by atoms with Gasteiger partial charge in [-0.25, -0.2) is 0 Å². The highest BCUT2D eigenvalue weighted by Gasteiger charge is 2.00. The summed E-state index contributed by atoms with van der Waals surface area (Å²) in [5.74, 6) is 0. The van der Waals surface area contributed by atoms with Crippen LogP contribution in [-0.4, -0.2) is 5.11 Å². The summed E-state index contributed by atoms with van der Waals surface area (Å²) in [6.45, 7) is 1.95. The van der Waals surface area contributed by atoms with Crippen molar-refractivity contribution in [1.29, 1.82) is 0 Å². The lowest BCUT2D eigenvalue weighted by Gasteiger charge is -2.04. The van der Waals surface area contributed by atoms with Gasteiger partial charge in [-0.2, -0.15) is 0 Å². The number of nitrogens with two attached hydrogens (primary N) is 1. The van der Waals surface area contributed by atoms with Crippen LogP contribution in [0.4, 0.5) is 5.69 Å². The summed E-state index contributed by atoms with van der Waals surface area (Å²) in [5, 5.41) is 8.83. The van der Waals surface area contributed by atoms with E-state index >= 15 is 0 Å². The van der Waals surface area contributed by atoms with E-state index in [0.717, 1.165) is 15.6 Å². The average Bonchev–Trinajstić information content (AvgIpc) is 1.97. The molecule has 0 atom stereocenters. The van der Waals surface area contributed by atoms with Crippen molar-refractivity contribution in [3.63, 3.8) is 0 Å². The van der Waals surface area contributed by atoms with Gasteiger partial charge in [-0.15, -0.1) is 0 Å². The van der Waals surface area contributed by atoms with Gasteiger partial charge in [0.15, 0.2) is 0 Å². The van der Waals surface area contributed by atoms with Gasteiger partial charge in [0.05, 0.1) is 6.61 Å². The van der Waals surface area contributed by atoms with E-state index in [1.807, 2.05) is 19.1 Å². The third-order valence-electron chi connectivity index (χ3n) is 1.59. The summed E-state index contributed by atoms with van der Waals surface area (Å²) in [4.78, 5) is 0. The van der Waals surface area contributed by atoms with Gasteiger partial charge in [-0.1, -0.05) is 15.9 Å². The molecule has 0 aliphatic heterocycles. The van der Waals surface area contributed by atoms with Crippen LogP contribution in [0.3, 0.4) is 0 Å². The molecule has 1 aromatic carbocycles. The Balaban J connectivity index is 3.21. The zero-order chi connectivity index (χ0) is 8.43. The van der Waals surface area contributed by atoms with Gasteiger partial charge >= 0.3 is 0 Å². The van der Waals surface area contributed by atoms with Crippen LogP contribution >= 0.6 is 15.9 Å². The van der Waals surface area contributed by atoms with Crippen LogP contribution in [-0.2, 0) is 6.61 Å². The Hall–Kier alpha value is -0.540. The van der Waals surface area contributed by atoms with Crippen LogP contribution in [0.15, 0.2) is 16.6 Å². The molecule has 3 heteroatoms. The van der Waals surface area contributed by atoms with E-state index in [4.69, 9.17) is 10.8 Å². The van der Waals surface area contributed by atoms with Crippen LogP contribution in [0.2, 0.25) is 0 Å². The first kappa shape index (κ1) is 8.56. The van der Waals surface area contributed by atoms with Crippen LogP contribution in [0.5, 0.6) is 0 Å². The Morgan fingerprint density at radius 3 is 2.73 bits per heavy atom. The number of benzene rings is 1. The smallest absolute Gasteiger partial charge is 0.0702 e. The zero-order valence-corrected chi connectivity index (χ0v) is 7.85. The van der Waals surface area contributed by atoms with E-state index in [1.54, 1.807) is 0 Å². The zero-order valence-electron chi connectivity index (χ0n) is 6.26. The summed E-state index contributed by atoms with van der Waals surface area (Å²) < 4.78 is 0.982. The largest absolute Gasteiger partial charge is 0.398 e. The van der Waals surface area contributed by atoms with Crippen molar-refractivity contribution in [2.24, 2.45) is 0 Å². The Kier molecular flexibility index (Phi) is 2.52. The van der Waals surface area contributed by atoms with Crippen molar-refractivity contribution in [2.75, 3.05) is 5.73 Å². The number of aryl methyl sites for hydroxylation is 1. The van der Waals surface area contributed by atoms with Crippen LogP contribution < -0.4 is 5.73 Å². The maximum absolute atomic E-state index is 8.83. The molecule has 0 fully saturated rings. The highest BCUT2D eigenvalue weighted by Crippen LogP contribution is 2.22. The summed E-state index contributed by atoms with van der Waals surface area (Å²) >= 11 is 3.35. The lowest BCUT2D eigenvalue weighted by molar-refractivity contribution is 0.282. The fourth-order valence-corrected chi connectivity index (χ4v) is 1.27. The molecule has 0 bridgehead atoms. The van der Waals surface area contributed by atoms with Crippen molar-refractivity contribution in [3.05, 3.63) is 27.7 Å². The highest BCUT2D eigenvalue weighted by atomic mass is 79.9. The predicted octanol–water partition coefficient (Wildman–Crippen LogP) is 1.83. The highest BCUT2D eigenvalue weighted by molar-refractivity contribution is 9.10. The van der Waals surface area contributed by atoms with Crippen LogP contribution in [0.1, 0.15) is 11.1 Å². The maximum atomic E-state index is 8.83. The molecule has 0 aromatic heterocycles. The topological polar surface area (TPSA) is 46.2 Å². The molecule has 0 aliphatic rings. The van der Waals surface area contributed by atoms with Crippen molar-refractivity contribution in [2.45, 2.75) is 13.5 Å². The molecule has 0 spiro atoms. The molecule has 0 unspecified atom stereocenters. The Labute approximate surface area is 74.2 Å². The Morgan fingerprint density at radius 2 is 2.18 bits per heavy atom. The van der Waals surface area contributed by atoms with Crippen LogP contribution in [0, 0.1) is 6.92 Å². The van der Waals surface area contributed by atoms with E-state index in [-0.39, 0.29) is 6.61 Å². The molecule has 0 aliphatic carbocycles. The second kappa shape index (κ2) is 3.24. The molecule has 0 saturated carbocycles. The first-order valence-corrected chi connectivity index (χ1v) is 4.10. The minimum atomic E-state index is -0.00921. The van der Waals surface area contributed by atoms with Gasteiger partial charge < -0.3 is 10.8 Å². The van der Waals surface area contributed by atoms with E-state index in [0.29, 0.717) is 5.69 Å². The van der Waals surface area contributed by atoms with Gasteiger partial charge in [0, 0.05) is 15.7 Å². The Bertz CT molecular complexity index is 273. The molecule has 0 amide bonds. The molecule has 60 valence electrons. The predicted molar refractivity (Wildman–Crippen MR) is 49.2 cm³/mol. The number of aliphatic hydroxyl groups is 1. The average molecular weight is 216 g/mol. The van der Waals surface area contributed by atoms with E-state index < -0.39 is 0 Å². The summed E-state index contributed by atoms with van der Waals surface area (Å²) in [5.41, 5.74) is 8.12. The maximum Gasteiger partial charge on any atom is 0.0702 e. The standard InChI is InChI=1S/C8H10BrNO/c1-5-2-8(10)6(4-11)3-7(5)9/h2-3,11H,4,10H2,1H3. The molecule has 0 radical (unpaired) electrons. The number of halogens is 1. The number of hydrogen-bond acceptors (Lipinski definition) is 2. The Morgan fingerprint density at radius 1 is 1.55 bits per heavy atom. The first-order chi connectivity index (χ1) is 5.15. The fourth-order valence-electron chi connectivity index (χ4n) is 0.882. The first-order valence-electron chi connectivity index (χ1n) is 3.30. The molecule has 11 heavy (non-hydrogen) atoms. The van der Waals surface area contributed by atoms with Gasteiger partial charge in [-0.05, 0) is 24.6 Å². The quantitative estimate of drug-likeness (QED) is 0.703. The normalized spacial score (nSPS) is 10.1. The number of aliphatic hydroxyl groups excluding tert-OH is 1. The van der Waals surface area contributed by atoms with Gasteiger partial charge in [0.2, 0.25) is 0 Å². The SMILES string of the molecule is Cc1cc(N)c(CO)cc1Br. The molecule has 3 N–H and O–H groups in total. The number of anilines is 1. The van der Waals surface area contributed by atoms with Crippen LogP contribution in [0.25, 0.3) is 0 Å². The third-order valence-corrected chi connectivity index (χ3v) is 2.45. The molecule has 2 nitrogen and oxygen atoms in total. The second-order valence-electron chi connectivity index (χ2n) is 2.46. The lowest BCUT2D eigenvalue weighted by atomic mass is 10.1. The second-order valence-corrected chi connectivity index (χ2v) is 3.31. The molecule has 0 heterocycles. The van der Waals surface area contributed by atoms with Crippen molar-refractivity contribution in [1.82, 2.24) is 0 Å². The van der Waals surface area contributed by atoms with Gasteiger partial charge in [0.25, 0.3) is 0 Å². The van der Waals surface area contributed by atoms with Gasteiger partial charge in [-0.3, -0.25) is 0 Å². The summed E-state index contributed by atoms with van der Waals surface area (Å²) in [7, 11) is 0. The molecular formula is C8H10BrNO. The van der Waals surface area contributed by atoms with E-state index in [1.165, 1.54) is 0 Å². The minimum absolute atomic E-state index is 0.00921. The third kappa shape index (κ3) is 1.73. The number of nitrogen functional groups attached to an aromatic ring is 1. The molecular weight excluding hydrogens is 206 g/mol. The fraction of sp³-hybridized carbons (Fsp3) is 0.250. The summed E-state index contributed by atoms with van der Waals surface area (Å²) in [6.07, 6.45) is 0. The molecule has 1 aromatic rings. The van der Waals surface area contributed by atoms with Crippen molar-refractivity contribution in [3.8, 4) is 0 Å². The molecule has 0 saturated heterocycles. The van der Waals surface area contributed by atoms with E-state index in [2.05, 4.69) is 15.9 Å². The number of rotatable bonds is 1.